The minimum Gasteiger partial charge on any atom is -0.380 e. The van der Waals surface area contributed by atoms with Gasteiger partial charge in [-0.1, -0.05) is 27.2 Å². The van der Waals surface area contributed by atoms with Gasteiger partial charge >= 0.3 is 0 Å². The summed E-state index contributed by atoms with van der Waals surface area (Å²) in [5.74, 6) is 1.33. The maximum atomic E-state index is 11.6. The molecule has 0 saturated carbocycles. The first-order valence-electron chi connectivity index (χ1n) is 8.27. The number of guanidine groups is 1. The van der Waals surface area contributed by atoms with E-state index in [1.165, 1.54) is 0 Å². The summed E-state index contributed by atoms with van der Waals surface area (Å²) in [5, 5.41) is 6.44. The molecule has 0 saturated heterocycles. The molecule has 1 amide bonds. The van der Waals surface area contributed by atoms with Gasteiger partial charge in [0.15, 0.2) is 5.96 Å². The summed E-state index contributed by atoms with van der Waals surface area (Å²) in [6.45, 7) is 9.64. The van der Waals surface area contributed by atoms with Gasteiger partial charge in [0.25, 0.3) is 0 Å². The normalized spacial score (nSPS) is 11.1. The van der Waals surface area contributed by atoms with E-state index in [-0.39, 0.29) is 36.4 Å². The Kier molecular flexibility index (Phi) is 17.5. The molecule has 2 N–H and O–H groups in total. The van der Waals surface area contributed by atoms with Crippen LogP contribution in [0.15, 0.2) is 4.99 Å². The molecule has 0 aliphatic rings. The summed E-state index contributed by atoms with van der Waals surface area (Å²) >= 11 is 0. The van der Waals surface area contributed by atoms with Crippen molar-refractivity contribution in [2.45, 2.75) is 40.0 Å². The molecule has 0 aliphatic heterocycles. The van der Waals surface area contributed by atoms with E-state index in [0.29, 0.717) is 25.0 Å². The predicted octanol–water partition coefficient (Wildman–Crippen LogP) is 2.09. The first kappa shape index (κ1) is 24.7. The second-order valence-corrected chi connectivity index (χ2v) is 5.96. The molecule has 0 unspecified atom stereocenters. The van der Waals surface area contributed by atoms with Crippen LogP contribution in [0.2, 0.25) is 0 Å². The van der Waals surface area contributed by atoms with Gasteiger partial charge < -0.3 is 20.3 Å². The number of rotatable bonds is 11. The maximum Gasteiger partial charge on any atom is 0.243 e. The van der Waals surface area contributed by atoms with Gasteiger partial charge in [-0.25, -0.2) is 4.99 Å². The molecule has 6 nitrogen and oxygen atoms in total. The highest BCUT2D eigenvalue weighted by Gasteiger charge is 2.04. The Hall–Kier alpha value is -0.570. The SMILES string of the molecule is CCCCNC(=NCC(=O)N(C)C)NCCOCCC(C)C.I. The van der Waals surface area contributed by atoms with Crippen molar-refractivity contribution < 1.29 is 9.53 Å². The molecule has 0 aliphatic carbocycles. The number of hydrogen-bond donors (Lipinski definition) is 2. The Bertz CT molecular complexity index is 323. The zero-order valence-electron chi connectivity index (χ0n) is 15.4. The van der Waals surface area contributed by atoms with Crippen LogP contribution in [0.1, 0.15) is 40.0 Å². The molecule has 0 atom stereocenters. The third-order valence-corrected chi connectivity index (χ3v) is 3.07. The summed E-state index contributed by atoms with van der Waals surface area (Å²) in [5.41, 5.74) is 0. The lowest BCUT2D eigenvalue weighted by Crippen LogP contribution is -2.40. The van der Waals surface area contributed by atoms with Crippen LogP contribution < -0.4 is 10.6 Å². The number of aliphatic imine (C=N–C) groups is 1. The fraction of sp³-hybridized carbons (Fsp3) is 0.875. The minimum absolute atomic E-state index is 0. The van der Waals surface area contributed by atoms with Crippen molar-refractivity contribution in [1.29, 1.82) is 0 Å². The first-order chi connectivity index (χ1) is 10.5. The Morgan fingerprint density at radius 3 is 2.39 bits per heavy atom. The standard InChI is InChI=1S/C16H34N4O2.HI/c1-6-7-9-17-16(19-13-15(21)20(4)5)18-10-12-22-11-8-14(2)3;/h14H,6-13H2,1-5H3,(H2,17,18,19);1H. The number of nitrogens with one attached hydrogen (secondary N) is 2. The van der Waals surface area contributed by atoms with Crippen molar-refractivity contribution in [3.63, 3.8) is 0 Å². The van der Waals surface area contributed by atoms with E-state index < -0.39 is 0 Å². The number of amides is 1. The molecule has 0 rings (SSSR count). The minimum atomic E-state index is -0.00947. The van der Waals surface area contributed by atoms with E-state index in [1.807, 2.05) is 0 Å². The molecule has 0 bridgehead atoms. The zero-order valence-corrected chi connectivity index (χ0v) is 17.7. The number of carbonyl (C=O) groups excluding carboxylic acids is 1. The highest BCUT2D eigenvalue weighted by molar-refractivity contribution is 14.0. The Morgan fingerprint density at radius 1 is 1.17 bits per heavy atom. The Morgan fingerprint density at radius 2 is 1.83 bits per heavy atom. The number of halogens is 1. The molecule has 0 aromatic heterocycles. The highest BCUT2D eigenvalue weighted by Crippen LogP contribution is 1.98. The number of carbonyl (C=O) groups is 1. The lowest BCUT2D eigenvalue weighted by molar-refractivity contribution is -0.127. The lowest BCUT2D eigenvalue weighted by atomic mass is 10.1. The largest absolute Gasteiger partial charge is 0.380 e. The van der Waals surface area contributed by atoms with Crippen LogP contribution in [0, 0.1) is 5.92 Å². The van der Waals surface area contributed by atoms with Gasteiger partial charge in [-0.3, -0.25) is 4.79 Å². The Balaban J connectivity index is 0. The van der Waals surface area contributed by atoms with Gasteiger partial charge in [0.1, 0.15) is 6.54 Å². The van der Waals surface area contributed by atoms with Gasteiger partial charge in [-0.05, 0) is 18.8 Å². The molecule has 7 heteroatoms. The van der Waals surface area contributed by atoms with Crippen molar-refractivity contribution in [3.8, 4) is 0 Å². The smallest absolute Gasteiger partial charge is 0.243 e. The van der Waals surface area contributed by atoms with E-state index in [4.69, 9.17) is 4.74 Å². The van der Waals surface area contributed by atoms with Crippen molar-refractivity contribution in [2.24, 2.45) is 10.9 Å². The van der Waals surface area contributed by atoms with Crippen LogP contribution in [0.3, 0.4) is 0 Å². The molecule has 0 heterocycles. The summed E-state index contributed by atoms with van der Waals surface area (Å²) in [6, 6.07) is 0. The number of nitrogens with zero attached hydrogens (tertiary/aromatic N) is 2. The van der Waals surface area contributed by atoms with Crippen LogP contribution in [0.5, 0.6) is 0 Å². The lowest BCUT2D eigenvalue weighted by Gasteiger charge is -2.14. The maximum absolute atomic E-state index is 11.6. The quantitative estimate of drug-likeness (QED) is 0.223. The molecule has 23 heavy (non-hydrogen) atoms. The summed E-state index contributed by atoms with van der Waals surface area (Å²) in [7, 11) is 3.47. The van der Waals surface area contributed by atoms with Gasteiger partial charge in [0.2, 0.25) is 5.91 Å². The van der Waals surface area contributed by atoms with Crippen molar-refractivity contribution in [2.75, 3.05) is 46.9 Å². The molecular formula is C16H35IN4O2. The predicted molar refractivity (Wildman–Crippen MR) is 108 cm³/mol. The third kappa shape index (κ3) is 16.1. The van der Waals surface area contributed by atoms with Gasteiger partial charge in [-0.2, -0.15) is 0 Å². The van der Waals surface area contributed by atoms with E-state index in [2.05, 4.69) is 36.4 Å². The fourth-order valence-electron chi connectivity index (χ4n) is 1.51. The van der Waals surface area contributed by atoms with Crippen molar-refractivity contribution in [3.05, 3.63) is 0 Å². The number of likely N-dealkylation sites (N-methyl/N-ethyl adjacent to an activating group) is 1. The fourth-order valence-corrected chi connectivity index (χ4v) is 1.51. The van der Waals surface area contributed by atoms with E-state index in [0.717, 1.165) is 32.4 Å². The zero-order chi connectivity index (χ0) is 16.8. The third-order valence-electron chi connectivity index (χ3n) is 3.07. The van der Waals surface area contributed by atoms with Crippen molar-refractivity contribution in [1.82, 2.24) is 15.5 Å². The second-order valence-electron chi connectivity index (χ2n) is 5.96. The van der Waals surface area contributed by atoms with E-state index >= 15 is 0 Å². The number of unbranched alkanes of at least 4 members (excludes halogenated alkanes) is 1. The molecule has 0 aromatic carbocycles. The van der Waals surface area contributed by atoms with Gasteiger partial charge in [0, 0.05) is 33.8 Å². The molecule has 138 valence electrons. The summed E-state index contributed by atoms with van der Waals surface area (Å²) in [6.07, 6.45) is 3.27. The van der Waals surface area contributed by atoms with Crippen LogP contribution in [0.25, 0.3) is 0 Å². The second kappa shape index (κ2) is 16.3. The van der Waals surface area contributed by atoms with E-state index in [1.54, 1.807) is 19.0 Å². The van der Waals surface area contributed by atoms with Crippen LogP contribution >= 0.6 is 24.0 Å². The van der Waals surface area contributed by atoms with Crippen LogP contribution in [0.4, 0.5) is 0 Å². The molecule has 0 spiro atoms. The number of hydrogen-bond acceptors (Lipinski definition) is 3. The van der Waals surface area contributed by atoms with Gasteiger partial charge in [0.05, 0.1) is 6.61 Å². The molecule has 0 fully saturated rings. The average Bonchev–Trinajstić information content (AvgIpc) is 2.46. The number of ether oxygens (including phenoxy) is 1. The first-order valence-corrected chi connectivity index (χ1v) is 8.27. The Labute approximate surface area is 158 Å². The average molecular weight is 442 g/mol. The topological polar surface area (TPSA) is 66.0 Å². The van der Waals surface area contributed by atoms with Crippen LogP contribution in [-0.4, -0.2) is 63.7 Å². The van der Waals surface area contributed by atoms with Gasteiger partial charge in [-0.15, -0.1) is 24.0 Å². The molecule has 0 radical (unpaired) electrons. The summed E-state index contributed by atoms with van der Waals surface area (Å²) in [4.78, 5) is 17.4. The van der Waals surface area contributed by atoms with Crippen molar-refractivity contribution >= 4 is 35.8 Å². The molecular weight excluding hydrogens is 407 g/mol. The molecule has 0 aromatic rings. The highest BCUT2D eigenvalue weighted by atomic mass is 127. The van der Waals surface area contributed by atoms with Crippen LogP contribution in [-0.2, 0) is 9.53 Å². The monoisotopic (exact) mass is 442 g/mol. The van der Waals surface area contributed by atoms with E-state index in [9.17, 15) is 4.79 Å². The summed E-state index contributed by atoms with van der Waals surface area (Å²) < 4.78 is 5.56.